The Kier molecular flexibility index (Phi) is 11.7. The van der Waals surface area contributed by atoms with Gasteiger partial charge in [0.25, 0.3) is 0 Å². The third-order valence-electron chi connectivity index (χ3n) is 6.27. The van der Waals surface area contributed by atoms with Gasteiger partial charge in [-0.05, 0) is 41.9 Å². The first-order chi connectivity index (χ1) is 17.4. The Bertz CT molecular complexity index is 1030. The maximum absolute atomic E-state index is 12.4. The summed E-state index contributed by atoms with van der Waals surface area (Å²) in [5.41, 5.74) is -0.768. The van der Waals surface area contributed by atoms with Crippen LogP contribution in [-0.2, 0) is 23.9 Å². The maximum Gasteiger partial charge on any atom is 0.311 e. The van der Waals surface area contributed by atoms with E-state index in [0.717, 1.165) is 0 Å². The van der Waals surface area contributed by atoms with Crippen molar-refractivity contribution < 1.29 is 28.7 Å². The molecule has 0 N–H and O–H groups in total. The molecular weight excluding hydrogens is 468 g/mol. The number of ketones is 2. The molecule has 1 aliphatic carbocycles. The lowest BCUT2D eigenvalue weighted by Crippen LogP contribution is -2.22. The summed E-state index contributed by atoms with van der Waals surface area (Å²) in [6.07, 6.45) is 12.4. The fourth-order valence-electron chi connectivity index (χ4n) is 3.91. The molecule has 0 bridgehead atoms. The van der Waals surface area contributed by atoms with Gasteiger partial charge in [0, 0.05) is 32.1 Å². The molecule has 0 aromatic heterocycles. The van der Waals surface area contributed by atoms with E-state index in [1.807, 2.05) is 58.1 Å². The zero-order chi connectivity index (χ0) is 27.3. The molecule has 0 saturated carbocycles. The highest BCUT2D eigenvalue weighted by Crippen LogP contribution is 2.30. The van der Waals surface area contributed by atoms with E-state index >= 15 is 0 Å². The Labute approximate surface area is 220 Å². The van der Waals surface area contributed by atoms with Crippen molar-refractivity contribution in [2.75, 3.05) is 0 Å². The molecule has 0 aliphatic heterocycles. The number of rotatable bonds is 15. The van der Waals surface area contributed by atoms with E-state index in [4.69, 9.17) is 9.47 Å². The van der Waals surface area contributed by atoms with Crippen LogP contribution in [0.25, 0.3) is 0 Å². The molecule has 1 aromatic carbocycles. The average Bonchev–Trinajstić information content (AvgIpc) is 3.08. The molecule has 0 radical (unpaired) electrons. The van der Waals surface area contributed by atoms with Crippen LogP contribution in [0.3, 0.4) is 0 Å². The second-order valence-corrected chi connectivity index (χ2v) is 11.2. The number of carbonyl (C=O) groups is 4. The van der Waals surface area contributed by atoms with Crippen LogP contribution in [0.15, 0.2) is 66.5 Å². The second-order valence-electron chi connectivity index (χ2n) is 11.2. The largest absolute Gasteiger partial charge is 0.431 e. The average molecular weight is 509 g/mol. The van der Waals surface area contributed by atoms with Gasteiger partial charge in [-0.15, -0.1) is 0 Å². The molecule has 0 saturated heterocycles. The summed E-state index contributed by atoms with van der Waals surface area (Å²) in [6.45, 7) is 7.76. The van der Waals surface area contributed by atoms with E-state index in [1.54, 1.807) is 30.3 Å². The zero-order valence-electron chi connectivity index (χ0n) is 22.6. The number of carbonyl (C=O) groups excluding carboxylic acids is 4. The number of esters is 2. The van der Waals surface area contributed by atoms with Crippen molar-refractivity contribution in [3.63, 3.8) is 0 Å². The van der Waals surface area contributed by atoms with Crippen molar-refractivity contribution in [2.45, 2.75) is 85.5 Å². The number of allylic oxidation sites excluding steroid dienone is 5. The van der Waals surface area contributed by atoms with Crippen molar-refractivity contribution in [1.82, 2.24) is 0 Å². The Morgan fingerprint density at radius 2 is 1.24 bits per heavy atom. The summed E-state index contributed by atoms with van der Waals surface area (Å²) in [5.74, 6) is 0.506. The smallest absolute Gasteiger partial charge is 0.311 e. The minimum Gasteiger partial charge on any atom is -0.431 e. The Morgan fingerprint density at radius 3 is 1.81 bits per heavy atom. The second kappa shape index (κ2) is 14.5. The molecule has 37 heavy (non-hydrogen) atoms. The lowest BCUT2D eigenvalue weighted by atomic mass is 9.82. The molecule has 0 amide bonds. The van der Waals surface area contributed by atoms with Gasteiger partial charge in [0.1, 0.15) is 23.1 Å². The molecule has 0 spiro atoms. The van der Waals surface area contributed by atoms with E-state index in [0.29, 0.717) is 43.6 Å². The van der Waals surface area contributed by atoms with Gasteiger partial charge in [0.05, 0.1) is 12.8 Å². The number of hydrogen-bond acceptors (Lipinski definition) is 6. The predicted molar refractivity (Wildman–Crippen MR) is 144 cm³/mol. The van der Waals surface area contributed by atoms with E-state index in [-0.39, 0.29) is 60.0 Å². The highest BCUT2D eigenvalue weighted by molar-refractivity contribution is 5.86. The van der Waals surface area contributed by atoms with Crippen molar-refractivity contribution >= 4 is 23.5 Å². The van der Waals surface area contributed by atoms with E-state index in [9.17, 15) is 19.2 Å². The molecule has 0 fully saturated rings. The van der Waals surface area contributed by atoms with Crippen LogP contribution in [0.5, 0.6) is 5.75 Å². The number of ether oxygens (including phenoxy) is 2. The third kappa shape index (κ3) is 13.0. The Morgan fingerprint density at radius 1 is 0.703 bits per heavy atom. The maximum atomic E-state index is 12.4. The fourth-order valence-corrected chi connectivity index (χ4v) is 3.91. The molecule has 200 valence electrons. The van der Waals surface area contributed by atoms with Crippen molar-refractivity contribution in [1.29, 1.82) is 0 Å². The van der Waals surface area contributed by atoms with Crippen LogP contribution in [-0.4, -0.2) is 23.5 Å². The van der Waals surface area contributed by atoms with Gasteiger partial charge < -0.3 is 9.47 Å². The number of Topliss-reactive ketones (excluding diaryl/α,β-unsaturated/α-hetero) is 2. The van der Waals surface area contributed by atoms with Crippen molar-refractivity contribution in [3.8, 4) is 5.75 Å². The standard InChI is InChI=1S/C31H40O6/c1-30(2,22-28(34)36-26-12-8-5-6-9-13-26)20-18-24(32)16-17-25(33)19-21-31(3,4)23-29(35)37-27-14-10-7-11-15-27/h5-12,14-15H,13,16-23H2,1-4H3. The minimum absolute atomic E-state index is 0.0143. The van der Waals surface area contributed by atoms with Crippen molar-refractivity contribution in [2.24, 2.45) is 10.8 Å². The monoisotopic (exact) mass is 508 g/mol. The quantitative estimate of drug-likeness (QED) is 0.190. The first kappa shape index (κ1) is 29.9. The molecule has 0 heterocycles. The van der Waals surface area contributed by atoms with Crippen LogP contribution < -0.4 is 4.74 Å². The first-order valence-electron chi connectivity index (χ1n) is 13.0. The fraction of sp³-hybridized carbons (Fsp3) is 0.484. The van der Waals surface area contributed by atoms with Gasteiger partial charge in [0.15, 0.2) is 0 Å². The van der Waals surface area contributed by atoms with E-state index in [1.165, 1.54) is 0 Å². The highest BCUT2D eigenvalue weighted by Gasteiger charge is 2.26. The molecular formula is C31H40O6. The summed E-state index contributed by atoms with van der Waals surface area (Å²) in [6, 6.07) is 8.91. The third-order valence-corrected chi connectivity index (χ3v) is 6.27. The molecule has 0 atom stereocenters. The van der Waals surface area contributed by atoms with Crippen LogP contribution >= 0.6 is 0 Å². The van der Waals surface area contributed by atoms with Gasteiger partial charge in [-0.1, -0.05) is 70.2 Å². The summed E-state index contributed by atoms with van der Waals surface area (Å²) in [7, 11) is 0. The van der Waals surface area contributed by atoms with Gasteiger partial charge in [-0.3, -0.25) is 19.2 Å². The van der Waals surface area contributed by atoms with Crippen LogP contribution in [0.1, 0.15) is 85.5 Å². The van der Waals surface area contributed by atoms with Crippen LogP contribution in [0.2, 0.25) is 0 Å². The van der Waals surface area contributed by atoms with E-state index in [2.05, 4.69) is 0 Å². The normalized spacial score (nSPS) is 13.5. The van der Waals surface area contributed by atoms with Gasteiger partial charge in [-0.2, -0.15) is 0 Å². The summed E-state index contributed by atoms with van der Waals surface area (Å²) >= 11 is 0. The molecule has 2 rings (SSSR count). The topological polar surface area (TPSA) is 86.7 Å². The number of para-hydroxylation sites is 1. The van der Waals surface area contributed by atoms with E-state index < -0.39 is 0 Å². The zero-order valence-corrected chi connectivity index (χ0v) is 22.6. The van der Waals surface area contributed by atoms with Gasteiger partial charge in [0.2, 0.25) is 0 Å². The number of benzene rings is 1. The lowest BCUT2D eigenvalue weighted by Gasteiger charge is -2.23. The van der Waals surface area contributed by atoms with Crippen LogP contribution in [0.4, 0.5) is 0 Å². The lowest BCUT2D eigenvalue weighted by molar-refractivity contribution is -0.142. The minimum atomic E-state index is -0.385. The summed E-state index contributed by atoms with van der Waals surface area (Å²) in [5, 5.41) is 0. The highest BCUT2D eigenvalue weighted by atomic mass is 16.5. The molecule has 0 unspecified atom stereocenters. The Balaban J connectivity index is 1.65. The first-order valence-corrected chi connectivity index (χ1v) is 13.0. The van der Waals surface area contributed by atoms with Crippen LogP contribution in [0, 0.1) is 10.8 Å². The molecule has 1 aromatic rings. The van der Waals surface area contributed by atoms with Gasteiger partial charge >= 0.3 is 11.9 Å². The van der Waals surface area contributed by atoms with Gasteiger partial charge in [-0.25, -0.2) is 0 Å². The van der Waals surface area contributed by atoms with Crippen molar-refractivity contribution in [3.05, 3.63) is 66.5 Å². The summed E-state index contributed by atoms with van der Waals surface area (Å²) in [4.78, 5) is 49.4. The molecule has 6 heteroatoms. The summed E-state index contributed by atoms with van der Waals surface area (Å²) < 4.78 is 10.8. The molecule has 6 nitrogen and oxygen atoms in total. The predicted octanol–water partition coefficient (Wildman–Crippen LogP) is 6.85. The Hall–Kier alpha value is -3.28. The number of hydrogen-bond donors (Lipinski definition) is 0. The molecule has 1 aliphatic rings. The SMILES string of the molecule is CC(C)(CCC(=O)CCC(=O)CCC(C)(C)CC(=O)Oc1ccccc1)CC(=O)OC1=CC=CC=CC1.